The molecule has 108 valence electrons. The first kappa shape index (κ1) is 16.0. The van der Waals surface area contributed by atoms with Gasteiger partial charge in [0.2, 0.25) is 5.91 Å². The van der Waals surface area contributed by atoms with E-state index in [0.29, 0.717) is 0 Å². The number of piperazine rings is 1. The first-order valence-electron chi connectivity index (χ1n) is 7.56. The van der Waals surface area contributed by atoms with Crippen molar-refractivity contribution in [1.29, 1.82) is 5.26 Å². The third-order valence-electron chi connectivity index (χ3n) is 3.92. The minimum atomic E-state index is 0.0234. The van der Waals surface area contributed by atoms with E-state index in [1.54, 1.807) is 0 Å². The average molecular weight is 265 g/mol. The van der Waals surface area contributed by atoms with Crippen LogP contribution >= 0.6 is 0 Å². The minimum absolute atomic E-state index is 0.0234. The smallest absolute Gasteiger partial charge is 0.225 e. The number of amides is 1. The van der Waals surface area contributed by atoms with Gasteiger partial charge in [0.15, 0.2) is 0 Å². The molecular weight excluding hydrogens is 238 g/mol. The van der Waals surface area contributed by atoms with Crippen LogP contribution in [0, 0.1) is 17.2 Å². The third kappa shape index (κ3) is 4.50. The summed E-state index contributed by atoms with van der Waals surface area (Å²) in [7, 11) is 0. The van der Waals surface area contributed by atoms with E-state index in [9.17, 15) is 10.1 Å². The van der Waals surface area contributed by atoms with Crippen LogP contribution in [0.25, 0.3) is 0 Å². The van der Waals surface area contributed by atoms with Gasteiger partial charge in [0, 0.05) is 32.1 Å². The van der Waals surface area contributed by atoms with Gasteiger partial charge in [-0.2, -0.15) is 5.26 Å². The molecule has 0 spiro atoms. The molecule has 1 aliphatic rings. The highest BCUT2D eigenvalue weighted by molar-refractivity contribution is 5.78. The molecule has 0 aromatic carbocycles. The zero-order chi connectivity index (χ0) is 14.3. The fourth-order valence-corrected chi connectivity index (χ4v) is 2.72. The Bertz CT molecular complexity index is 316. The van der Waals surface area contributed by atoms with Crippen LogP contribution in [0.5, 0.6) is 0 Å². The predicted octanol–water partition coefficient (Wildman–Crippen LogP) is 2.26. The Kier molecular flexibility index (Phi) is 6.86. The Morgan fingerprint density at radius 2 is 1.74 bits per heavy atom. The molecule has 0 N–H and O–H groups in total. The van der Waals surface area contributed by atoms with Gasteiger partial charge < -0.3 is 4.90 Å². The zero-order valence-electron chi connectivity index (χ0n) is 12.6. The van der Waals surface area contributed by atoms with Gasteiger partial charge in [-0.05, 0) is 12.8 Å². The number of carbonyl (C=O) groups excluding carboxylic acids is 1. The van der Waals surface area contributed by atoms with Gasteiger partial charge in [0.1, 0.15) is 0 Å². The summed E-state index contributed by atoms with van der Waals surface area (Å²) in [6.07, 6.45) is 3.98. The number of nitriles is 1. The summed E-state index contributed by atoms with van der Waals surface area (Å²) in [4.78, 5) is 16.4. The molecule has 0 bridgehead atoms. The monoisotopic (exact) mass is 265 g/mol. The second kappa shape index (κ2) is 8.16. The van der Waals surface area contributed by atoms with E-state index in [4.69, 9.17) is 0 Å². The summed E-state index contributed by atoms with van der Waals surface area (Å²) >= 11 is 0. The maximum absolute atomic E-state index is 12.2. The number of rotatable bonds is 6. The van der Waals surface area contributed by atoms with E-state index in [1.165, 1.54) is 0 Å². The number of nitrogens with zero attached hydrogens (tertiary/aromatic N) is 3. The lowest BCUT2D eigenvalue weighted by molar-refractivity contribution is -0.137. The Morgan fingerprint density at radius 3 is 2.21 bits per heavy atom. The number of hydrogen-bond donors (Lipinski definition) is 0. The van der Waals surface area contributed by atoms with Gasteiger partial charge in [-0.15, -0.1) is 0 Å². The molecule has 2 atom stereocenters. The van der Waals surface area contributed by atoms with Crippen molar-refractivity contribution in [3.05, 3.63) is 0 Å². The fraction of sp³-hybridized carbons (Fsp3) is 0.867. The van der Waals surface area contributed by atoms with Crippen molar-refractivity contribution in [2.75, 3.05) is 26.2 Å². The topological polar surface area (TPSA) is 47.3 Å². The van der Waals surface area contributed by atoms with Crippen molar-refractivity contribution >= 4 is 5.91 Å². The second-order valence-electron chi connectivity index (χ2n) is 5.48. The van der Waals surface area contributed by atoms with Crippen LogP contribution < -0.4 is 0 Å². The van der Waals surface area contributed by atoms with Crippen LogP contribution in [-0.4, -0.2) is 47.9 Å². The lowest BCUT2D eigenvalue weighted by Crippen LogP contribution is -2.52. The van der Waals surface area contributed by atoms with Crippen molar-refractivity contribution in [1.82, 2.24) is 9.80 Å². The summed E-state index contributed by atoms with van der Waals surface area (Å²) < 4.78 is 0. The van der Waals surface area contributed by atoms with E-state index in [-0.39, 0.29) is 17.9 Å². The normalized spacial score (nSPS) is 19.8. The highest BCUT2D eigenvalue weighted by atomic mass is 16.2. The highest BCUT2D eigenvalue weighted by Gasteiger charge is 2.27. The molecule has 4 nitrogen and oxygen atoms in total. The molecular formula is C15H27N3O. The predicted molar refractivity (Wildman–Crippen MR) is 76.5 cm³/mol. The van der Waals surface area contributed by atoms with E-state index in [1.807, 2.05) is 11.8 Å². The first-order chi connectivity index (χ1) is 9.13. The number of carbonyl (C=O) groups is 1. The molecule has 2 unspecified atom stereocenters. The SMILES string of the molecule is CCCC(C)C(=O)N1CCN(C(C#N)CCC)CC1. The molecule has 0 saturated carbocycles. The summed E-state index contributed by atoms with van der Waals surface area (Å²) in [6, 6.07) is 2.41. The van der Waals surface area contributed by atoms with Crippen LogP contribution in [0.15, 0.2) is 0 Å². The van der Waals surface area contributed by atoms with Gasteiger partial charge in [0.25, 0.3) is 0 Å². The van der Waals surface area contributed by atoms with E-state index in [0.717, 1.165) is 51.9 Å². The van der Waals surface area contributed by atoms with E-state index < -0.39 is 0 Å². The average Bonchev–Trinajstić information content (AvgIpc) is 2.44. The van der Waals surface area contributed by atoms with Gasteiger partial charge in [-0.1, -0.05) is 33.6 Å². The molecule has 0 aromatic heterocycles. The highest BCUT2D eigenvalue weighted by Crippen LogP contribution is 2.14. The molecule has 1 heterocycles. The summed E-state index contributed by atoms with van der Waals surface area (Å²) in [5.41, 5.74) is 0. The quantitative estimate of drug-likeness (QED) is 0.740. The first-order valence-corrected chi connectivity index (χ1v) is 7.56. The molecule has 1 fully saturated rings. The standard InChI is InChI=1S/C15H27N3O/c1-4-6-13(3)15(19)18-10-8-17(9-11-18)14(12-16)7-5-2/h13-14H,4-11H2,1-3H3. The molecule has 1 aliphatic heterocycles. The molecule has 1 amide bonds. The van der Waals surface area contributed by atoms with Crippen molar-refractivity contribution in [2.24, 2.45) is 5.92 Å². The van der Waals surface area contributed by atoms with Gasteiger partial charge >= 0.3 is 0 Å². The maximum Gasteiger partial charge on any atom is 0.225 e. The van der Waals surface area contributed by atoms with Crippen LogP contribution in [0.2, 0.25) is 0 Å². The Labute approximate surface area is 117 Å². The molecule has 0 aliphatic carbocycles. The van der Waals surface area contributed by atoms with Crippen molar-refractivity contribution in [2.45, 2.75) is 52.5 Å². The minimum Gasteiger partial charge on any atom is -0.340 e. The third-order valence-corrected chi connectivity index (χ3v) is 3.92. The molecule has 1 saturated heterocycles. The Morgan fingerprint density at radius 1 is 1.16 bits per heavy atom. The van der Waals surface area contributed by atoms with Crippen LogP contribution in [0.4, 0.5) is 0 Å². The summed E-state index contributed by atoms with van der Waals surface area (Å²) in [6.45, 7) is 9.46. The molecule has 1 rings (SSSR count). The van der Waals surface area contributed by atoms with Gasteiger partial charge in [-0.25, -0.2) is 0 Å². The lowest BCUT2D eigenvalue weighted by Gasteiger charge is -2.37. The second-order valence-corrected chi connectivity index (χ2v) is 5.48. The molecule has 0 radical (unpaired) electrons. The van der Waals surface area contributed by atoms with Gasteiger partial charge in [0.05, 0.1) is 12.1 Å². The Hall–Kier alpha value is -1.08. The van der Waals surface area contributed by atoms with E-state index >= 15 is 0 Å². The summed E-state index contributed by atoms with van der Waals surface area (Å²) in [5, 5.41) is 9.17. The zero-order valence-corrected chi connectivity index (χ0v) is 12.6. The molecule has 0 aromatic rings. The van der Waals surface area contributed by atoms with Gasteiger partial charge in [-0.3, -0.25) is 9.69 Å². The molecule has 19 heavy (non-hydrogen) atoms. The van der Waals surface area contributed by atoms with Crippen molar-refractivity contribution in [3.8, 4) is 6.07 Å². The molecule has 4 heteroatoms. The summed E-state index contributed by atoms with van der Waals surface area (Å²) in [5.74, 6) is 0.421. The fourth-order valence-electron chi connectivity index (χ4n) is 2.72. The Balaban J connectivity index is 2.44. The maximum atomic E-state index is 12.2. The van der Waals surface area contributed by atoms with Crippen molar-refractivity contribution in [3.63, 3.8) is 0 Å². The van der Waals surface area contributed by atoms with Crippen LogP contribution in [0.1, 0.15) is 46.5 Å². The van der Waals surface area contributed by atoms with Crippen LogP contribution in [0.3, 0.4) is 0 Å². The van der Waals surface area contributed by atoms with E-state index in [2.05, 4.69) is 24.8 Å². The number of hydrogen-bond acceptors (Lipinski definition) is 3. The lowest BCUT2D eigenvalue weighted by atomic mass is 10.0. The van der Waals surface area contributed by atoms with Crippen molar-refractivity contribution < 1.29 is 4.79 Å². The van der Waals surface area contributed by atoms with Crippen LogP contribution in [-0.2, 0) is 4.79 Å². The largest absolute Gasteiger partial charge is 0.340 e.